The number of morpholine rings is 1. The second-order valence-corrected chi connectivity index (χ2v) is 6.32. The Morgan fingerprint density at radius 1 is 1.36 bits per heavy atom. The van der Waals surface area contributed by atoms with Gasteiger partial charge in [-0.05, 0) is 24.1 Å². The highest BCUT2D eigenvalue weighted by Crippen LogP contribution is 2.26. The van der Waals surface area contributed by atoms with Crippen molar-refractivity contribution in [2.24, 2.45) is 0 Å². The van der Waals surface area contributed by atoms with Gasteiger partial charge in [-0.15, -0.1) is 18.2 Å². The Morgan fingerprint density at radius 3 is 2.96 bits per heavy atom. The van der Waals surface area contributed by atoms with Gasteiger partial charge in [-0.1, -0.05) is 18.2 Å². The summed E-state index contributed by atoms with van der Waals surface area (Å²) in [5.41, 5.74) is 3.51. The fourth-order valence-electron chi connectivity index (χ4n) is 3.10. The van der Waals surface area contributed by atoms with Crippen molar-refractivity contribution >= 4 is 28.2 Å². The summed E-state index contributed by atoms with van der Waals surface area (Å²) in [6, 6.07) is 2.10. The third kappa shape index (κ3) is 4.40. The van der Waals surface area contributed by atoms with Crippen LogP contribution in [0.2, 0.25) is 0 Å². The fraction of sp³-hybridized carbons (Fsp3) is 0.350. The monoisotopic (exact) mass is 357 g/mol. The molecular formula is C20H24ClN3O. The lowest BCUT2D eigenvalue weighted by molar-refractivity contribution is 0.0343. The minimum Gasteiger partial charge on any atom is -0.379 e. The van der Waals surface area contributed by atoms with Crippen molar-refractivity contribution in [2.45, 2.75) is 13.0 Å². The Labute approximate surface area is 154 Å². The highest BCUT2D eigenvalue weighted by molar-refractivity contribution is 6.19. The summed E-state index contributed by atoms with van der Waals surface area (Å²) in [4.78, 5) is 6.76. The number of hydrogen-bond acceptors (Lipinski definition) is 3. The summed E-state index contributed by atoms with van der Waals surface area (Å²) in [6.07, 6.45) is 14.9. The number of allylic oxidation sites excluding steroid dienone is 5. The van der Waals surface area contributed by atoms with Gasteiger partial charge in [0.1, 0.15) is 0 Å². The standard InChI is InChI=1S/C20H24ClN3O/c1-2-3-5-18(6-4-8-21)24-16-17(15-23-10-12-25-13-11-23)19-7-9-22-14-20(19)24/h2,4-7,9,14,16H,1,3,8,10-13,15H2. The van der Waals surface area contributed by atoms with Crippen molar-refractivity contribution in [3.63, 3.8) is 0 Å². The molecule has 1 aliphatic heterocycles. The van der Waals surface area contributed by atoms with Crippen molar-refractivity contribution < 1.29 is 4.74 Å². The van der Waals surface area contributed by atoms with E-state index < -0.39 is 0 Å². The number of rotatable bonds is 7. The second kappa shape index (κ2) is 8.99. The van der Waals surface area contributed by atoms with Gasteiger partial charge in [0, 0.05) is 49.0 Å². The summed E-state index contributed by atoms with van der Waals surface area (Å²) < 4.78 is 7.66. The van der Waals surface area contributed by atoms with E-state index in [1.54, 1.807) is 0 Å². The van der Waals surface area contributed by atoms with E-state index in [0.717, 1.165) is 50.5 Å². The molecule has 0 saturated carbocycles. The molecule has 4 nitrogen and oxygen atoms in total. The lowest BCUT2D eigenvalue weighted by Crippen LogP contribution is -2.35. The molecule has 1 aliphatic rings. The molecule has 0 bridgehead atoms. The van der Waals surface area contributed by atoms with Gasteiger partial charge in [0.25, 0.3) is 0 Å². The molecule has 2 aromatic rings. The average Bonchev–Trinajstić information content (AvgIpc) is 3.01. The van der Waals surface area contributed by atoms with Gasteiger partial charge < -0.3 is 9.30 Å². The SMILES string of the molecule is C=CCC=C(C=CCCl)n1cc(CN2CCOCC2)c2ccncc21. The molecule has 3 heterocycles. The number of fused-ring (bicyclic) bond motifs is 1. The molecule has 0 radical (unpaired) electrons. The zero-order valence-corrected chi connectivity index (χ0v) is 15.2. The number of nitrogens with zero attached hydrogens (tertiary/aromatic N) is 3. The van der Waals surface area contributed by atoms with Crippen molar-refractivity contribution in [1.82, 2.24) is 14.5 Å². The van der Waals surface area contributed by atoms with E-state index in [2.05, 4.69) is 45.4 Å². The summed E-state index contributed by atoms with van der Waals surface area (Å²) >= 11 is 5.85. The first kappa shape index (κ1) is 17.9. The van der Waals surface area contributed by atoms with Gasteiger partial charge in [-0.3, -0.25) is 9.88 Å². The number of alkyl halides is 1. The molecule has 0 unspecified atom stereocenters. The molecule has 0 N–H and O–H groups in total. The maximum Gasteiger partial charge on any atom is 0.0715 e. The van der Waals surface area contributed by atoms with Crippen LogP contribution in [0, 0.1) is 0 Å². The van der Waals surface area contributed by atoms with Crippen LogP contribution < -0.4 is 0 Å². The first-order valence-corrected chi connectivity index (χ1v) is 9.15. The number of hydrogen-bond donors (Lipinski definition) is 0. The molecule has 1 saturated heterocycles. The molecule has 2 aromatic heterocycles. The maximum absolute atomic E-state index is 5.85. The highest BCUT2D eigenvalue weighted by Gasteiger charge is 2.15. The van der Waals surface area contributed by atoms with Crippen LogP contribution in [-0.4, -0.2) is 46.6 Å². The number of pyridine rings is 1. The summed E-state index contributed by atoms with van der Waals surface area (Å²) in [6.45, 7) is 8.31. The molecule has 0 spiro atoms. The predicted octanol–water partition coefficient (Wildman–Crippen LogP) is 4.08. The quantitative estimate of drug-likeness (QED) is 0.425. The van der Waals surface area contributed by atoms with Crippen LogP contribution in [0.5, 0.6) is 0 Å². The highest BCUT2D eigenvalue weighted by atomic mass is 35.5. The Kier molecular flexibility index (Phi) is 6.45. The van der Waals surface area contributed by atoms with Crippen molar-refractivity contribution in [3.05, 3.63) is 61.1 Å². The van der Waals surface area contributed by atoms with Crippen LogP contribution in [0.25, 0.3) is 16.6 Å². The van der Waals surface area contributed by atoms with Crippen LogP contribution in [0.1, 0.15) is 12.0 Å². The Hall–Kier alpha value is -1.88. The summed E-state index contributed by atoms with van der Waals surface area (Å²) in [7, 11) is 0. The summed E-state index contributed by atoms with van der Waals surface area (Å²) in [5, 5.41) is 1.24. The van der Waals surface area contributed by atoms with E-state index >= 15 is 0 Å². The van der Waals surface area contributed by atoms with E-state index in [-0.39, 0.29) is 0 Å². The van der Waals surface area contributed by atoms with Gasteiger partial charge in [-0.25, -0.2) is 0 Å². The molecule has 0 aromatic carbocycles. The van der Waals surface area contributed by atoms with E-state index in [1.807, 2.05) is 24.5 Å². The minimum atomic E-state index is 0.490. The van der Waals surface area contributed by atoms with Crippen LogP contribution in [0.15, 0.2) is 55.5 Å². The lowest BCUT2D eigenvalue weighted by atomic mass is 10.2. The molecule has 0 amide bonds. The topological polar surface area (TPSA) is 30.3 Å². The molecular weight excluding hydrogens is 334 g/mol. The molecule has 132 valence electrons. The number of ether oxygens (including phenoxy) is 1. The van der Waals surface area contributed by atoms with Gasteiger partial charge in [0.05, 0.1) is 24.9 Å². The molecule has 1 fully saturated rings. The molecule has 0 aliphatic carbocycles. The van der Waals surface area contributed by atoms with Crippen molar-refractivity contribution in [1.29, 1.82) is 0 Å². The smallest absolute Gasteiger partial charge is 0.0715 e. The average molecular weight is 358 g/mol. The van der Waals surface area contributed by atoms with Gasteiger partial charge >= 0.3 is 0 Å². The lowest BCUT2D eigenvalue weighted by Gasteiger charge is -2.26. The Bertz CT molecular complexity index is 772. The third-order valence-electron chi connectivity index (χ3n) is 4.34. The first-order chi connectivity index (χ1) is 12.3. The first-order valence-electron chi connectivity index (χ1n) is 8.61. The van der Waals surface area contributed by atoms with Crippen LogP contribution >= 0.6 is 11.6 Å². The second-order valence-electron chi connectivity index (χ2n) is 6.02. The third-order valence-corrected chi connectivity index (χ3v) is 4.52. The normalized spacial score (nSPS) is 16.8. The number of aromatic nitrogens is 2. The maximum atomic E-state index is 5.85. The van der Waals surface area contributed by atoms with E-state index in [0.29, 0.717) is 5.88 Å². The minimum absolute atomic E-state index is 0.490. The van der Waals surface area contributed by atoms with Crippen LogP contribution in [0.4, 0.5) is 0 Å². The van der Waals surface area contributed by atoms with E-state index in [1.165, 1.54) is 10.9 Å². The largest absolute Gasteiger partial charge is 0.379 e. The Balaban J connectivity index is 1.99. The van der Waals surface area contributed by atoms with Gasteiger partial charge in [0.15, 0.2) is 0 Å². The fourth-order valence-corrected chi connectivity index (χ4v) is 3.19. The summed E-state index contributed by atoms with van der Waals surface area (Å²) in [5.74, 6) is 0.490. The molecule has 5 heteroatoms. The van der Waals surface area contributed by atoms with E-state index in [4.69, 9.17) is 16.3 Å². The van der Waals surface area contributed by atoms with Crippen molar-refractivity contribution in [2.75, 3.05) is 32.2 Å². The van der Waals surface area contributed by atoms with Crippen LogP contribution in [0.3, 0.4) is 0 Å². The zero-order chi connectivity index (χ0) is 17.5. The van der Waals surface area contributed by atoms with Crippen molar-refractivity contribution in [3.8, 4) is 0 Å². The number of halogens is 1. The van der Waals surface area contributed by atoms with Crippen LogP contribution in [-0.2, 0) is 11.3 Å². The Morgan fingerprint density at radius 2 is 2.20 bits per heavy atom. The predicted molar refractivity (Wildman–Crippen MR) is 105 cm³/mol. The molecule has 3 rings (SSSR count). The molecule has 25 heavy (non-hydrogen) atoms. The van der Waals surface area contributed by atoms with Gasteiger partial charge in [-0.2, -0.15) is 0 Å². The molecule has 0 atom stereocenters. The zero-order valence-electron chi connectivity index (χ0n) is 14.4. The van der Waals surface area contributed by atoms with Gasteiger partial charge in [0.2, 0.25) is 0 Å². The van der Waals surface area contributed by atoms with E-state index in [9.17, 15) is 0 Å².